The van der Waals surface area contributed by atoms with Gasteiger partial charge in [-0.3, -0.25) is 4.79 Å². The molecule has 0 aromatic heterocycles. The van der Waals surface area contributed by atoms with E-state index >= 15 is 0 Å². The molecule has 1 amide bonds. The number of amides is 1. The van der Waals surface area contributed by atoms with Gasteiger partial charge in [0.25, 0.3) is 0 Å². The molecule has 0 atom stereocenters. The molecule has 98 valence electrons. The van der Waals surface area contributed by atoms with E-state index in [9.17, 15) is 4.79 Å². The molecule has 2 rings (SSSR count). The average Bonchev–Trinajstić information content (AvgIpc) is 2.34. The van der Waals surface area contributed by atoms with Crippen LogP contribution in [0.3, 0.4) is 0 Å². The van der Waals surface area contributed by atoms with Crippen molar-refractivity contribution in [3.8, 4) is 5.75 Å². The molecule has 0 unspecified atom stereocenters. The van der Waals surface area contributed by atoms with Crippen LogP contribution in [-0.2, 0) is 4.79 Å². The Morgan fingerprint density at radius 2 is 2.00 bits per heavy atom. The van der Waals surface area contributed by atoms with Crippen molar-refractivity contribution in [1.29, 1.82) is 0 Å². The summed E-state index contributed by atoms with van der Waals surface area (Å²) < 4.78 is 5.06. The lowest BCUT2D eigenvalue weighted by atomic mass is 9.82. The molecule has 0 heterocycles. The van der Waals surface area contributed by atoms with Crippen molar-refractivity contribution in [1.82, 2.24) is 5.32 Å². The molecule has 4 heteroatoms. The minimum absolute atomic E-state index is 0.000259. The summed E-state index contributed by atoms with van der Waals surface area (Å²) in [5.41, 5.74) is 0.796. The van der Waals surface area contributed by atoms with Crippen LogP contribution in [0.15, 0.2) is 24.3 Å². The number of anilines is 1. The van der Waals surface area contributed by atoms with Crippen molar-refractivity contribution in [2.24, 2.45) is 5.92 Å². The lowest BCUT2D eigenvalue weighted by Crippen LogP contribution is -2.43. The molecule has 0 radical (unpaired) electrons. The molecular weight excluding hydrogens is 228 g/mol. The predicted octanol–water partition coefficient (Wildman–Crippen LogP) is 2.02. The zero-order chi connectivity index (χ0) is 13.0. The number of rotatable bonds is 5. The van der Waals surface area contributed by atoms with Crippen LogP contribution in [0.25, 0.3) is 0 Å². The van der Waals surface area contributed by atoms with Gasteiger partial charge in [0.15, 0.2) is 0 Å². The predicted molar refractivity (Wildman–Crippen MR) is 71.8 cm³/mol. The number of hydrogen-bond donors (Lipinski definition) is 2. The van der Waals surface area contributed by atoms with Crippen molar-refractivity contribution in [3.63, 3.8) is 0 Å². The minimum atomic E-state index is -0.000259. The van der Waals surface area contributed by atoms with E-state index in [0.717, 1.165) is 17.4 Å². The zero-order valence-corrected chi connectivity index (χ0v) is 10.9. The fourth-order valence-electron chi connectivity index (χ4n) is 2.19. The van der Waals surface area contributed by atoms with Crippen molar-refractivity contribution in [2.45, 2.75) is 25.8 Å². The van der Waals surface area contributed by atoms with Gasteiger partial charge in [0, 0.05) is 11.7 Å². The van der Waals surface area contributed by atoms with Crippen molar-refractivity contribution in [3.05, 3.63) is 24.3 Å². The summed E-state index contributed by atoms with van der Waals surface area (Å²) in [7, 11) is 1.62. The molecule has 1 saturated carbocycles. The number of carbonyl (C=O) groups is 1. The van der Waals surface area contributed by atoms with E-state index in [0.29, 0.717) is 12.6 Å². The highest BCUT2D eigenvalue weighted by Crippen LogP contribution is 2.25. The summed E-state index contributed by atoms with van der Waals surface area (Å²) in [6.07, 6.45) is 2.35. The Hall–Kier alpha value is -1.55. The van der Waals surface area contributed by atoms with Crippen molar-refractivity contribution < 1.29 is 9.53 Å². The van der Waals surface area contributed by atoms with Gasteiger partial charge in [-0.2, -0.15) is 0 Å². The molecule has 1 aromatic rings. The van der Waals surface area contributed by atoms with Gasteiger partial charge in [0.2, 0.25) is 5.91 Å². The normalized spacial score (nSPS) is 22.1. The van der Waals surface area contributed by atoms with Crippen molar-refractivity contribution in [2.75, 3.05) is 19.0 Å². The highest BCUT2D eigenvalue weighted by atomic mass is 16.5. The molecule has 18 heavy (non-hydrogen) atoms. The van der Waals surface area contributed by atoms with Crippen LogP contribution in [0.5, 0.6) is 5.75 Å². The SMILES string of the molecule is COc1ccc(NC(=O)CNC2CC(C)C2)cc1. The van der Waals surface area contributed by atoms with Crippen LogP contribution in [0, 0.1) is 5.92 Å². The molecule has 0 saturated heterocycles. The lowest BCUT2D eigenvalue weighted by molar-refractivity contribution is -0.115. The third kappa shape index (κ3) is 3.47. The molecular formula is C14H20N2O2. The highest BCUT2D eigenvalue weighted by molar-refractivity contribution is 5.92. The smallest absolute Gasteiger partial charge is 0.238 e. The number of ether oxygens (including phenoxy) is 1. The first-order chi connectivity index (χ1) is 8.67. The van der Waals surface area contributed by atoms with Gasteiger partial charge >= 0.3 is 0 Å². The number of carbonyl (C=O) groups excluding carboxylic acids is 1. The average molecular weight is 248 g/mol. The Kier molecular flexibility index (Phi) is 4.20. The molecule has 0 bridgehead atoms. The quantitative estimate of drug-likeness (QED) is 0.838. The second-order valence-corrected chi connectivity index (χ2v) is 4.93. The minimum Gasteiger partial charge on any atom is -0.497 e. The van der Waals surface area contributed by atoms with E-state index in [2.05, 4.69) is 17.6 Å². The topological polar surface area (TPSA) is 50.4 Å². The maximum Gasteiger partial charge on any atom is 0.238 e. The maximum absolute atomic E-state index is 11.7. The first-order valence-electron chi connectivity index (χ1n) is 6.34. The van der Waals surface area contributed by atoms with Gasteiger partial charge in [0.05, 0.1) is 13.7 Å². The Labute approximate surface area is 108 Å². The maximum atomic E-state index is 11.7. The van der Waals surface area contributed by atoms with E-state index < -0.39 is 0 Å². The Morgan fingerprint density at radius 3 is 2.56 bits per heavy atom. The Balaban J connectivity index is 1.72. The molecule has 1 aromatic carbocycles. The fraction of sp³-hybridized carbons (Fsp3) is 0.500. The number of benzene rings is 1. The molecule has 1 aliphatic rings. The number of methoxy groups -OCH3 is 1. The van der Waals surface area contributed by atoms with Crippen LogP contribution in [0.1, 0.15) is 19.8 Å². The molecule has 0 aliphatic heterocycles. The second-order valence-electron chi connectivity index (χ2n) is 4.93. The number of nitrogens with one attached hydrogen (secondary N) is 2. The van der Waals surface area contributed by atoms with Crippen LogP contribution in [-0.4, -0.2) is 25.6 Å². The van der Waals surface area contributed by atoms with Gasteiger partial charge in [-0.1, -0.05) is 6.92 Å². The zero-order valence-electron chi connectivity index (χ0n) is 10.9. The van der Waals surface area contributed by atoms with Gasteiger partial charge in [-0.25, -0.2) is 0 Å². The standard InChI is InChI=1S/C14H20N2O2/c1-10-7-12(8-10)15-9-14(17)16-11-3-5-13(18-2)6-4-11/h3-6,10,12,15H,7-9H2,1-2H3,(H,16,17). The van der Waals surface area contributed by atoms with Gasteiger partial charge < -0.3 is 15.4 Å². The summed E-state index contributed by atoms with van der Waals surface area (Å²) in [5, 5.41) is 6.11. The monoisotopic (exact) mass is 248 g/mol. The van der Waals surface area contributed by atoms with E-state index in [1.807, 2.05) is 24.3 Å². The van der Waals surface area contributed by atoms with Gasteiger partial charge in [0.1, 0.15) is 5.75 Å². The van der Waals surface area contributed by atoms with E-state index in [4.69, 9.17) is 4.74 Å². The van der Waals surface area contributed by atoms with Crippen LogP contribution in [0.2, 0.25) is 0 Å². The summed E-state index contributed by atoms with van der Waals surface area (Å²) >= 11 is 0. The Morgan fingerprint density at radius 1 is 1.33 bits per heavy atom. The summed E-state index contributed by atoms with van der Waals surface area (Å²) in [6, 6.07) is 7.85. The summed E-state index contributed by atoms with van der Waals surface area (Å²) in [5.74, 6) is 1.58. The van der Waals surface area contributed by atoms with Crippen LogP contribution in [0.4, 0.5) is 5.69 Å². The summed E-state index contributed by atoms with van der Waals surface area (Å²) in [6.45, 7) is 2.61. The molecule has 2 N–H and O–H groups in total. The summed E-state index contributed by atoms with van der Waals surface area (Å²) in [4.78, 5) is 11.7. The molecule has 0 spiro atoms. The van der Waals surface area contributed by atoms with Gasteiger partial charge in [-0.05, 0) is 43.0 Å². The highest BCUT2D eigenvalue weighted by Gasteiger charge is 2.24. The van der Waals surface area contributed by atoms with Crippen molar-refractivity contribution >= 4 is 11.6 Å². The first-order valence-corrected chi connectivity index (χ1v) is 6.34. The third-order valence-corrected chi connectivity index (χ3v) is 3.30. The van der Waals surface area contributed by atoms with Gasteiger partial charge in [-0.15, -0.1) is 0 Å². The third-order valence-electron chi connectivity index (χ3n) is 3.30. The fourth-order valence-corrected chi connectivity index (χ4v) is 2.19. The molecule has 1 aliphatic carbocycles. The van der Waals surface area contributed by atoms with E-state index in [1.54, 1.807) is 7.11 Å². The second kappa shape index (κ2) is 5.87. The number of hydrogen-bond acceptors (Lipinski definition) is 3. The van der Waals surface area contributed by atoms with Crippen LogP contribution < -0.4 is 15.4 Å². The molecule has 1 fully saturated rings. The van der Waals surface area contributed by atoms with Crippen LogP contribution >= 0.6 is 0 Å². The molecule has 4 nitrogen and oxygen atoms in total. The van der Waals surface area contributed by atoms with E-state index in [-0.39, 0.29) is 5.91 Å². The first kappa shape index (κ1) is 12.9. The Bertz CT molecular complexity index is 397. The largest absolute Gasteiger partial charge is 0.497 e. The lowest BCUT2D eigenvalue weighted by Gasteiger charge is -2.33. The van der Waals surface area contributed by atoms with E-state index in [1.165, 1.54) is 12.8 Å².